The molecule has 0 radical (unpaired) electrons. The molecule has 54 heavy (non-hydrogen) atoms. The van der Waals surface area contributed by atoms with E-state index in [1.807, 2.05) is 0 Å². The molecule has 0 heterocycles. The van der Waals surface area contributed by atoms with Gasteiger partial charge in [0.2, 0.25) is 0 Å². The van der Waals surface area contributed by atoms with Gasteiger partial charge in [-0.1, -0.05) is 123 Å². The fourth-order valence-electron chi connectivity index (χ4n) is 6.43. The normalized spacial score (nSPS) is 12.0. The third-order valence-electron chi connectivity index (χ3n) is 8.30. The second-order valence-corrected chi connectivity index (χ2v) is 90.4. The molecule has 0 aliphatic carbocycles. The van der Waals surface area contributed by atoms with Gasteiger partial charge >= 0.3 is 124 Å². The third-order valence-corrected chi connectivity index (χ3v) is 17.6. The second-order valence-electron chi connectivity index (χ2n) is 11.7. The fourth-order valence-corrected chi connectivity index (χ4v) is 15.2. The van der Waals surface area contributed by atoms with Crippen LogP contribution in [0.15, 0.2) is 182 Å². The molecular weight excluding hydrogens is 1320 g/mol. The molecule has 0 fully saturated rings. The Morgan fingerprint density at radius 1 is 0.296 bits per heavy atom. The predicted molar refractivity (Wildman–Crippen MR) is 272 cm³/mol. The first-order valence-electron chi connectivity index (χ1n) is 17.0. The molecule has 0 spiro atoms. The van der Waals surface area contributed by atoms with E-state index >= 15 is 0 Å². The van der Waals surface area contributed by atoms with E-state index in [2.05, 4.69) is 309 Å². The number of halogens is 8. The molecule has 0 bridgehead atoms. The Hall–Kier alpha value is 1.06. The predicted octanol–water partition coefficient (Wildman–Crippen LogP) is 15.5. The zero-order chi connectivity index (χ0) is 39.5. The van der Waals surface area contributed by atoms with E-state index in [0.29, 0.717) is 0 Å². The van der Waals surface area contributed by atoms with E-state index in [1.54, 1.807) is 0 Å². The number of benzene rings is 6. The van der Waals surface area contributed by atoms with Gasteiger partial charge in [0, 0.05) is 0 Å². The minimum absolute atomic E-state index is 1.19. The first kappa shape index (κ1) is 49.4. The molecule has 0 saturated heterocycles. The van der Waals surface area contributed by atoms with Crippen molar-refractivity contribution in [3.63, 3.8) is 0 Å². The molecule has 0 amide bonds. The Balaban J connectivity index is 0.000000233. The molecule has 0 nitrogen and oxygen atoms in total. The van der Waals surface area contributed by atoms with Crippen LogP contribution < -0.4 is 31.8 Å². The summed E-state index contributed by atoms with van der Waals surface area (Å²) in [6, 6.07) is 66.4. The Morgan fingerprint density at radius 2 is 0.426 bits per heavy atom. The standard InChI is InChI=1S/2C21H22P.8BrH.2Mn/c2*1-2-18-22(19-12-6-3-7-13-19,20-14-8-4-9-15-20)21-16-10-5-11-17-21;;;;;;;;;;/h2*3-17H,2,18H2,1H3;8*1H;;/q2*+1;;;;;;;;;2*+3/p-8. The fraction of sp³-hybridized carbons (Fsp3) is 0.143. The summed E-state index contributed by atoms with van der Waals surface area (Å²) in [6.45, 7) is 4.59. The van der Waals surface area contributed by atoms with Crippen molar-refractivity contribution in [2.75, 3.05) is 12.3 Å². The summed E-state index contributed by atoms with van der Waals surface area (Å²) in [4.78, 5) is 0. The molecule has 6 rings (SSSR count). The number of hydrogen-bond acceptors (Lipinski definition) is 0. The van der Waals surface area contributed by atoms with Crippen LogP contribution in [0.3, 0.4) is 0 Å². The summed E-state index contributed by atoms with van der Waals surface area (Å²) in [7, 11) is -3.11. The molecule has 0 atom stereocenters. The summed E-state index contributed by atoms with van der Waals surface area (Å²) < 4.78 is 0. The van der Waals surface area contributed by atoms with Gasteiger partial charge in [-0.05, 0) is 85.6 Å². The van der Waals surface area contributed by atoms with Crippen molar-refractivity contribution >= 4 is 159 Å². The Labute approximate surface area is 385 Å². The summed E-state index contributed by atoms with van der Waals surface area (Å²) in [6.07, 6.45) is 4.80. The van der Waals surface area contributed by atoms with E-state index in [4.69, 9.17) is 0 Å². The average Bonchev–Trinajstić information content (AvgIpc) is 3.17. The second kappa shape index (κ2) is 25.6. The average molecular weight is 1360 g/mol. The summed E-state index contributed by atoms with van der Waals surface area (Å²) in [5.41, 5.74) is -2.75. The quantitative estimate of drug-likeness (QED) is 0.0947. The van der Waals surface area contributed by atoms with Gasteiger partial charge in [-0.3, -0.25) is 0 Å². The van der Waals surface area contributed by atoms with Gasteiger partial charge in [0.15, 0.2) is 0 Å². The zero-order valence-electron chi connectivity index (χ0n) is 29.8. The van der Waals surface area contributed by atoms with Gasteiger partial charge < -0.3 is 0 Å². The number of rotatable bonds is 10. The van der Waals surface area contributed by atoms with E-state index in [-0.39, 0.29) is 0 Å². The van der Waals surface area contributed by atoms with Crippen LogP contribution in [0, 0.1) is 0 Å². The van der Waals surface area contributed by atoms with Crippen molar-refractivity contribution < 1.29 is 11.2 Å². The van der Waals surface area contributed by atoms with E-state index in [9.17, 15) is 0 Å². The summed E-state index contributed by atoms with van der Waals surface area (Å²) >= 11 is 26.1. The van der Waals surface area contributed by atoms with Crippen LogP contribution >= 0.6 is 127 Å². The van der Waals surface area contributed by atoms with E-state index in [0.717, 1.165) is 0 Å². The van der Waals surface area contributed by atoms with Crippen molar-refractivity contribution in [2.24, 2.45) is 0 Å². The van der Waals surface area contributed by atoms with Gasteiger partial charge in [-0.2, -0.15) is 0 Å². The molecule has 0 N–H and O–H groups in total. The van der Waals surface area contributed by atoms with Crippen LogP contribution in [-0.2, 0) is 11.2 Å². The van der Waals surface area contributed by atoms with Crippen LogP contribution in [0.2, 0.25) is 0 Å². The maximum atomic E-state index is 3.27. The molecule has 0 aliphatic rings. The molecule has 0 aromatic heterocycles. The Kier molecular flexibility index (Phi) is 23.5. The van der Waals surface area contributed by atoms with Crippen molar-refractivity contribution in [3.8, 4) is 0 Å². The molecule has 0 unspecified atom stereocenters. The van der Waals surface area contributed by atoms with Crippen molar-refractivity contribution in [1.29, 1.82) is 0 Å². The van der Waals surface area contributed by atoms with Crippen molar-refractivity contribution in [1.82, 2.24) is 0 Å². The number of hydrogen-bond donors (Lipinski definition) is 0. The first-order valence-corrected chi connectivity index (χ1v) is 44.3. The Morgan fingerprint density at radius 3 is 0.537 bits per heavy atom. The van der Waals surface area contributed by atoms with Gasteiger partial charge in [0.25, 0.3) is 0 Å². The molecular formula is C42H44Br8Mn2P2. The minimum atomic E-state index is -1.55. The SMILES string of the molecule is CCC[P+](c1ccccc1)(c1ccccc1)c1ccccc1.CCC[P+](c1ccccc1)(c1ccccc1)c1ccccc1.[Br][Mn-]([Br])([Br])[Br].[Br][Mn-]([Br])([Br])[Br]. The Bertz CT molecular complexity index is 1520. The van der Waals surface area contributed by atoms with Gasteiger partial charge in [-0.25, -0.2) is 0 Å². The first-order chi connectivity index (χ1) is 25.8. The topological polar surface area (TPSA) is 0 Å². The van der Waals surface area contributed by atoms with E-state index < -0.39 is 25.8 Å². The van der Waals surface area contributed by atoms with Crippen LogP contribution in [0.5, 0.6) is 0 Å². The van der Waals surface area contributed by atoms with Gasteiger partial charge in [0.1, 0.15) is 46.4 Å². The monoisotopic (exact) mass is 1350 g/mol. The summed E-state index contributed by atoms with van der Waals surface area (Å²) in [5.74, 6) is 0. The van der Waals surface area contributed by atoms with Crippen LogP contribution in [0.25, 0.3) is 0 Å². The molecule has 6 aromatic carbocycles. The summed E-state index contributed by atoms with van der Waals surface area (Å²) in [5, 5.41) is 8.88. The van der Waals surface area contributed by atoms with Crippen LogP contribution in [0.4, 0.5) is 0 Å². The van der Waals surface area contributed by atoms with Gasteiger partial charge in [0.05, 0.1) is 12.3 Å². The molecule has 0 saturated carbocycles. The molecule has 0 aliphatic heterocycles. The van der Waals surface area contributed by atoms with Gasteiger partial charge in [-0.15, -0.1) is 0 Å². The maximum absolute atomic E-state index is 3.27. The molecule has 12 heteroatoms. The molecule has 6 aromatic rings. The van der Waals surface area contributed by atoms with Crippen LogP contribution in [-0.4, -0.2) is 12.3 Å². The zero-order valence-corrected chi connectivity index (χ0v) is 46.7. The molecule has 292 valence electrons. The van der Waals surface area contributed by atoms with Crippen LogP contribution in [0.1, 0.15) is 26.7 Å². The third kappa shape index (κ3) is 16.6. The van der Waals surface area contributed by atoms with E-state index in [1.165, 1.54) is 57.0 Å². The van der Waals surface area contributed by atoms with Crippen molar-refractivity contribution in [2.45, 2.75) is 26.7 Å². The van der Waals surface area contributed by atoms with Crippen molar-refractivity contribution in [3.05, 3.63) is 182 Å².